The lowest BCUT2D eigenvalue weighted by Gasteiger charge is -2.39. The van der Waals surface area contributed by atoms with Gasteiger partial charge in [0.05, 0.1) is 19.1 Å². The number of nitrogens with two attached hydrogens (primary N) is 1. The molecule has 41 heavy (non-hydrogen) atoms. The van der Waals surface area contributed by atoms with Crippen LogP contribution in [0.4, 0.5) is 10.3 Å². The van der Waals surface area contributed by atoms with Gasteiger partial charge in [-0.2, -0.15) is 4.98 Å². The number of nitrogens with zero attached hydrogens (tertiary/aromatic N) is 3. The summed E-state index contributed by atoms with van der Waals surface area (Å²) < 4.78 is 53.7. The Hall–Kier alpha value is -3.05. The number of aromatic nitrogens is 4. The molecule has 19 heteroatoms. The molecular weight excluding hydrogens is 638 g/mol. The molecule has 2 aromatic rings. The Balaban J connectivity index is 1.44. The number of ether oxygens (including phenoxy) is 2. The summed E-state index contributed by atoms with van der Waals surface area (Å²) in [5.74, 6) is -2.89. The van der Waals surface area contributed by atoms with E-state index in [4.69, 9.17) is 28.8 Å². The van der Waals surface area contributed by atoms with Crippen molar-refractivity contribution in [2.75, 3.05) is 25.5 Å². The van der Waals surface area contributed by atoms with E-state index < -0.39 is 65.7 Å². The van der Waals surface area contributed by atoms with E-state index in [2.05, 4.69) is 36.2 Å². The standard InChI is InChI=1S/C22H29BrFN6O10P/c1-10(2)38-12(31)5-6-26-18(34)15-21(3,4)8-37-41(35,40-15)36-7-11-14(32)22(23,24)19(39-11)30-9-27-13-16(30)28-20(25)29-17(13)33/h9-10,15,19,32H,5-8H2,1-4H3,(H,26,34)(H3,25,28,29,33)/t15-,19+,22?,41?/m0/s1. The summed E-state index contributed by atoms with van der Waals surface area (Å²) in [6, 6.07) is 0. The van der Waals surface area contributed by atoms with Gasteiger partial charge in [0.2, 0.25) is 18.1 Å². The lowest BCUT2D eigenvalue weighted by Crippen LogP contribution is -2.50. The van der Waals surface area contributed by atoms with Crippen molar-refractivity contribution >= 4 is 52.7 Å². The lowest BCUT2D eigenvalue weighted by atomic mass is 9.87. The zero-order valence-corrected chi connectivity index (χ0v) is 24.9. The van der Waals surface area contributed by atoms with Crippen molar-refractivity contribution < 1.29 is 46.7 Å². The second-order valence-corrected chi connectivity index (χ2v) is 13.0. The number of carbonyl (C=O) groups excluding carboxylic acids is 2. The number of phosphoric acid groups is 1. The minimum atomic E-state index is -4.44. The summed E-state index contributed by atoms with van der Waals surface area (Å²) in [5.41, 5.74) is 3.67. The van der Waals surface area contributed by atoms with E-state index in [0.29, 0.717) is 0 Å². The van der Waals surface area contributed by atoms with Gasteiger partial charge in [0.25, 0.3) is 10.1 Å². The minimum Gasteiger partial charge on any atom is -0.505 e. The number of nitrogens with one attached hydrogen (secondary N) is 2. The molecule has 2 unspecified atom stereocenters. The van der Waals surface area contributed by atoms with Crippen molar-refractivity contribution in [3.8, 4) is 0 Å². The highest BCUT2D eigenvalue weighted by atomic mass is 79.9. The van der Waals surface area contributed by atoms with Crippen LogP contribution in [0.3, 0.4) is 0 Å². The predicted molar refractivity (Wildman–Crippen MR) is 142 cm³/mol. The number of fused-ring (bicyclic) bond motifs is 1. The van der Waals surface area contributed by atoms with E-state index in [-0.39, 0.29) is 42.8 Å². The highest BCUT2D eigenvalue weighted by Gasteiger charge is 2.54. The summed E-state index contributed by atoms with van der Waals surface area (Å²) in [4.78, 5) is 46.7. The Morgan fingerprint density at radius 3 is 2.83 bits per heavy atom. The molecule has 0 aromatic carbocycles. The summed E-state index contributed by atoms with van der Waals surface area (Å²) in [6.45, 7) is 5.59. The molecule has 5 N–H and O–H groups in total. The SMILES string of the molecule is CC(C)OC(=O)CCNC(=O)[C@@H]1OP(=O)(OCC2=C(O)C(F)(Br)[C@H](n3cnc4c(=O)[nH]c(N)nc43)O2)OCC1(C)C. The first-order chi connectivity index (χ1) is 19.0. The van der Waals surface area contributed by atoms with Crippen LogP contribution in [0.1, 0.15) is 40.3 Å². The number of amides is 1. The quantitative estimate of drug-likeness (QED) is 0.171. The van der Waals surface area contributed by atoms with Gasteiger partial charge in [0.15, 0.2) is 28.8 Å². The van der Waals surface area contributed by atoms with Gasteiger partial charge in [-0.15, -0.1) is 0 Å². The molecule has 4 atom stereocenters. The number of anilines is 1. The number of H-pyrrole nitrogens is 1. The van der Waals surface area contributed by atoms with Gasteiger partial charge in [-0.1, -0.05) is 13.8 Å². The smallest absolute Gasteiger partial charge is 0.476 e. The second kappa shape index (κ2) is 11.3. The Bertz CT molecular complexity index is 1490. The number of aromatic amines is 1. The van der Waals surface area contributed by atoms with Crippen LogP contribution in [0.15, 0.2) is 22.6 Å². The number of hydrogen-bond acceptors (Lipinski definition) is 13. The number of esters is 1. The number of imidazole rings is 1. The van der Waals surface area contributed by atoms with Crippen LogP contribution in [0, 0.1) is 5.41 Å². The Labute approximate surface area is 240 Å². The van der Waals surface area contributed by atoms with E-state index in [1.165, 1.54) is 0 Å². The molecule has 0 spiro atoms. The van der Waals surface area contributed by atoms with Crippen molar-refractivity contribution in [2.24, 2.45) is 5.41 Å². The number of rotatable bonds is 9. The molecule has 226 valence electrons. The fourth-order valence-electron chi connectivity index (χ4n) is 3.95. The zero-order valence-electron chi connectivity index (χ0n) is 22.4. The van der Waals surface area contributed by atoms with Gasteiger partial charge in [0.1, 0.15) is 12.9 Å². The largest absolute Gasteiger partial charge is 0.505 e. The van der Waals surface area contributed by atoms with E-state index in [1.807, 2.05) is 0 Å². The topological polar surface area (TPSA) is 219 Å². The fourth-order valence-corrected chi connectivity index (χ4v) is 6.09. The third-order valence-corrected chi connectivity index (χ3v) is 8.10. The van der Waals surface area contributed by atoms with E-state index in [0.717, 1.165) is 10.9 Å². The molecule has 0 bridgehead atoms. The maximum atomic E-state index is 15.6. The van der Waals surface area contributed by atoms with Gasteiger partial charge in [-0.05, 0) is 29.8 Å². The molecule has 2 aliphatic rings. The van der Waals surface area contributed by atoms with Crippen LogP contribution in [0.2, 0.25) is 0 Å². The average Bonchev–Trinajstić information content (AvgIpc) is 3.37. The first-order valence-corrected chi connectivity index (χ1v) is 14.5. The molecule has 1 fully saturated rings. The highest BCUT2D eigenvalue weighted by Crippen LogP contribution is 2.58. The Kier molecular flexibility index (Phi) is 8.53. The Morgan fingerprint density at radius 2 is 2.15 bits per heavy atom. The molecule has 0 aliphatic carbocycles. The number of alkyl halides is 2. The molecule has 0 saturated carbocycles. The summed E-state index contributed by atoms with van der Waals surface area (Å²) in [6.07, 6.45) is -2.32. The monoisotopic (exact) mass is 666 g/mol. The first kappa shape index (κ1) is 30.9. The highest BCUT2D eigenvalue weighted by molar-refractivity contribution is 9.10. The molecular formula is C22H29BrFN6O10P. The van der Waals surface area contributed by atoms with Gasteiger partial charge >= 0.3 is 13.8 Å². The summed E-state index contributed by atoms with van der Waals surface area (Å²) in [7, 11) is -4.44. The number of aliphatic hydroxyl groups excluding tert-OH is 1. The Morgan fingerprint density at radius 1 is 1.44 bits per heavy atom. The average molecular weight is 667 g/mol. The van der Waals surface area contributed by atoms with E-state index in [1.54, 1.807) is 27.7 Å². The molecule has 4 rings (SSSR count). The minimum absolute atomic E-state index is 0.0541. The third kappa shape index (κ3) is 6.40. The van der Waals surface area contributed by atoms with Crippen molar-refractivity contribution in [3.63, 3.8) is 0 Å². The maximum absolute atomic E-state index is 15.6. The lowest BCUT2D eigenvalue weighted by molar-refractivity contribution is -0.147. The molecule has 2 aliphatic heterocycles. The molecule has 2 aromatic heterocycles. The second-order valence-electron chi connectivity index (χ2n) is 10.2. The molecule has 4 heterocycles. The van der Waals surface area contributed by atoms with Crippen molar-refractivity contribution in [2.45, 2.75) is 57.1 Å². The number of halogens is 2. The zero-order chi connectivity index (χ0) is 30.3. The van der Waals surface area contributed by atoms with E-state index >= 15 is 4.39 Å². The third-order valence-electron chi connectivity index (χ3n) is 5.97. The number of carbonyl (C=O) groups is 2. The van der Waals surface area contributed by atoms with E-state index in [9.17, 15) is 24.1 Å². The van der Waals surface area contributed by atoms with Crippen molar-refractivity contribution in [1.82, 2.24) is 24.8 Å². The summed E-state index contributed by atoms with van der Waals surface area (Å²) >= 11 is 2.76. The first-order valence-electron chi connectivity index (χ1n) is 12.3. The maximum Gasteiger partial charge on any atom is 0.476 e. The van der Waals surface area contributed by atoms with Crippen molar-refractivity contribution in [3.05, 3.63) is 28.2 Å². The molecule has 1 saturated heterocycles. The summed E-state index contributed by atoms with van der Waals surface area (Å²) in [5, 5.41) is 13.1. The molecule has 0 radical (unpaired) electrons. The van der Waals surface area contributed by atoms with Gasteiger partial charge < -0.3 is 25.6 Å². The van der Waals surface area contributed by atoms with Crippen LogP contribution < -0.4 is 16.6 Å². The van der Waals surface area contributed by atoms with Crippen LogP contribution >= 0.6 is 23.8 Å². The van der Waals surface area contributed by atoms with Crippen molar-refractivity contribution in [1.29, 1.82) is 0 Å². The van der Waals surface area contributed by atoms with Crippen LogP contribution in [-0.2, 0) is 37.2 Å². The van der Waals surface area contributed by atoms with Gasteiger partial charge in [-0.3, -0.25) is 37.5 Å². The number of hydrogen-bond donors (Lipinski definition) is 4. The fraction of sp³-hybridized carbons (Fsp3) is 0.591. The van der Waals surface area contributed by atoms with Crippen LogP contribution in [0.25, 0.3) is 11.2 Å². The molecule has 16 nitrogen and oxygen atoms in total. The number of aliphatic hydroxyl groups is 1. The normalized spacial score (nSPS) is 27.7. The number of phosphoric ester groups is 1. The van der Waals surface area contributed by atoms with Gasteiger partial charge in [-0.25, -0.2) is 13.9 Å². The van der Waals surface area contributed by atoms with Gasteiger partial charge in [0, 0.05) is 12.0 Å². The molecule has 1 amide bonds. The van der Waals surface area contributed by atoms with Crippen LogP contribution in [-0.4, -0.2) is 73.0 Å². The number of nitrogen functional groups attached to an aromatic ring is 1. The predicted octanol–water partition coefficient (Wildman–Crippen LogP) is 2.09. The van der Waals surface area contributed by atoms with Crippen LogP contribution in [0.5, 0.6) is 0 Å².